The Hall–Kier alpha value is -3.16. The predicted octanol–water partition coefficient (Wildman–Crippen LogP) is 2.47. The van der Waals surface area contributed by atoms with Crippen LogP contribution in [-0.4, -0.2) is 41.5 Å². The lowest BCUT2D eigenvalue weighted by molar-refractivity contribution is 0.102. The van der Waals surface area contributed by atoms with E-state index >= 15 is 0 Å². The van der Waals surface area contributed by atoms with Crippen molar-refractivity contribution >= 4 is 29.1 Å². The first-order chi connectivity index (χ1) is 12.7. The van der Waals surface area contributed by atoms with Crippen molar-refractivity contribution in [1.29, 1.82) is 0 Å². The van der Waals surface area contributed by atoms with Crippen LogP contribution in [0, 0.1) is 0 Å². The van der Waals surface area contributed by atoms with Crippen molar-refractivity contribution in [3.05, 3.63) is 42.4 Å². The zero-order valence-electron chi connectivity index (χ0n) is 14.7. The Balaban J connectivity index is 1.85. The van der Waals surface area contributed by atoms with Crippen LogP contribution in [0.25, 0.3) is 0 Å². The molecule has 1 aliphatic rings. The van der Waals surface area contributed by atoms with Crippen LogP contribution in [0.5, 0.6) is 0 Å². The third kappa shape index (κ3) is 4.27. The van der Waals surface area contributed by atoms with Crippen LogP contribution in [-0.2, 0) is 0 Å². The van der Waals surface area contributed by atoms with E-state index in [1.807, 2.05) is 6.92 Å². The fourth-order valence-electron chi connectivity index (χ4n) is 2.86. The Labute approximate surface area is 152 Å². The van der Waals surface area contributed by atoms with Crippen LogP contribution in [0.2, 0.25) is 0 Å². The minimum absolute atomic E-state index is 0.253. The summed E-state index contributed by atoms with van der Waals surface area (Å²) in [6, 6.07) is 4.96. The molecule has 1 fully saturated rings. The molecule has 3 N–H and O–H groups in total. The molecule has 136 valence electrons. The summed E-state index contributed by atoms with van der Waals surface area (Å²) >= 11 is 0. The third-order valence-corrected chi connectivity index (χ3v) is 4.07. The molecule has 26 heavy (non-hydrogen) atoms. The number of aromatic nitrogens is 2. The van der Waals surface area contributed by atoms with Gasteiger partial charge in [0.1, 0.15) is 5.82 Å². The smallest absolute Gasteiger partial charge is 0.320 e. The van der Waals surface area contributed by atoms with Crippen molar-refractivity contribution in [3.8, 4) is 0 Å². The van der Waals surface area contributed by atoms with Gasteiger partial charge in [-0.15, -0.1) is 0 Å². The molecule has 3 amide bonds. The second kappa shape index (κ2) is 8.28. The summed E-state index contributed by atoms with van der Waals surface area (Å²) in [6.07, 6.45) is 6.89. The van der Waals surface area contributed by atoms with Gasteiger partial charge in [-0.25, -0.2) is 9.78 Å². The molecule has 8 heteroatoms. The van der Waals surface area contributed by atoms with Gasteiger partial charge in [-0.05, 0) is 31.9 Å². The molecule has 0 unspecified atom stereocenters. The van der Waals surface area contributed by atoms with Crippen molar-refractivity contribution in [2.45, 2.75) is 19.8 Å². The van der Waals surface area contributed by atoms with Crippen molar-refractivity contribution in [3.63, 3.8) is 0 Å². The summed E-state index contributed by atoms with van der Waals surface area (Å²) in [5.41, 5.74) is 1.86. The summed E-state index contributed by atoms with van der Waals surface area (Å²) < 4.78 is 0. The number of hydrogen-bond acceptors (Lipinski definition) is 5. The minimum atomic E-state index is -0.320. The SMILES string of the molecule is CCNC(=O)Nc1cc(N2CCCC2)c(C(=O)Nc2cccnc2)cn1. The van der Waals surface area contributed by atoms with E-state index in [4.69, 9.17) is 0 Å². The lowest BCUT2D eigenvalue weighted by atomic mass is 10.2. The monoisotopic (exact) mass is 354 g/mol. The Morgan fingerprint density at radius 2 is 2.00 bits per heavy atom. The quantitative estimate of drug-likeness (QED) is 0.766. The van der Waals surface area contributed by atoms with E-state index in [-0.39, 0.29) is 11.9 Å². The number of rotatable bonds is 5. The zero-order valence-corrected chi connectivity index (χ0v) is 14.7. The molecule has 0 bridgehead atoms. The van der Waals surface area contributed by atoms with Crippen LogP contribution in [0.4, 0.5) is 22.0 Å². The van der Waals surface area contributed by atoms with Gasteiger partial charge in [0.2, 0.25) is 0 Å². The maximum atomic E-state index is 12.7. The average Bonchev–Trinajstić information content (AvgIpc) is 3.17. The van der Waals surface area contributed by atoms with E-state index in [0.717, 1.165) is 31.6 Å². The van der Waals surface area contributed by atoms with Gasteiger partial charge in [0, 0.05) is 38.1 Å². The molecule has 0 aliphatic carbocycles. The normalized spacial score (nSPS) is 13.3. The highest BCUT2D eigenvalue weighted by Gasteiger charge is 2.21. The van der Waals surface area contributed by atoms with E-state index in [1.165, 1.54) is 6.20 Å². The Morgan fingerprint density at radius 3 is 2.69 bits per heavy atom. The topological polar surface area (TPSA) is 99.2 Å². The first kappa shape index (κ1) is 17.7. The zero-order chi connectivity index (χ0) is 18.4. The third-order valence-electron chi connectivity index (χ3n) is 4.07. The number of amides is 3. The molecular formula is C18H22N6O2. The summed E-state index contributed by atoms with van der Waals surface area (Å²) in [5.74, 6) is 0.160. The van der Waals surface area contributed by atoms with E-state index < -0.39 is 0 Å². The minimum Gasteiger partial charge on any atom is -0.371 e. The number of carbonyl (C=O) groups is 2. The summed E-state index contributed by atoms with van der Waals surface area (Å²) in [7, 11) is 0. The van der Waals surface area contributed by atoms with Crippen LogP contribution >= 0.6 is 0 Å². The van der Waals surface area contributed by atoms with Crippen molar-refractivity contribution in [2.24, 2.45) is 0 Å². The summed E-state index contributed by atoms with van der Waals surface area (Å²) in [5, 5.41) is 8.19. The highest BCUT2D eigenvalue weighted by Crippen LogP contribution is 2.27. The van der Waals surface area contributed by atoms with Gasteiger partial charge in [0.15, 0.2) is 0 Å². The highest BCUT2D eigenvalue weighted by molar-refractivity contribution is 6.08. The van der Waals surface area contributed by atoms with E-state index in [0.29, 0.717) is 23.6 Å². The molecule has 3 rings (SSSR count). The number of anilines is 3. The lowest BCUT2D eigenvalue weighted by Crippen LogP contribution is -2.29. The average molecular weight is 354 g/mol. The van der Waals surface area contributed by atoms with Crippen molar-refractivity contribution in [1.82, 2.24) is 15.3 Å². The number of nitrogens with one attached hydrogen (secondary N) is 3. The van der Waals surface area contributed by atoms with E-state index in [9.17, 15) is 9.59 Å². The summed E-state index contributed by atoms with van der Waals surface area (Å²) in [4.78, 5) is 34.8. The van der Waals surface area contributed by atoms with Gasteiger partial charge in [-0.1, -0.05) is 0 Å². The van der Waals surface area contributed by atoms with Gasteiger partial charge >= 0.3 is 6.03 Å². The Bertz CT molecular complexity index is 775. The highest BCUT2D eigenvalue weighted by atomic mass is 16.2. The maximum Gasteiger partial charge on any atom is 0.320 e. The Kier molecular flexibility index (Phi) is 5.62. The van der Waals surface area contributed by atoms with E-state index in [2.05, 4.69) is 30.8 Å². The molecule has 0 spiro atoms. The first-order valence-electron chi connectivity index (χ1n) is 8.68. The van der Waals surface area contributed by atoms with Crippen molar-refractivity contribution in [2.75, 3.05) is 35.2 Å². The maximum absolute atomic E-state index is 12.7. The molecule has 0 atom stereocenters. The number of pyridine rings is 2. The van der Waals surface area contributed by atoms with Gasteiger partial charge in [0.05, 0.1) is 23.1 Å². The second-order valence-electron chi connectivity index (χ2n) is 5.96. The molecule has 2 aromatic heterocycles. The number of carbonyl (C=O) groups excluding carboxylic acids is 2. The standard InChI is InChI=1S/C18H22N6O2/c1-2-20-18(26)23-16-10-15(24-8-3-4-9-24)14(12-21-16)17(25)22-13-6-5-7-19-11-13/h5-7,10-12H,2-4,8-9H2,1H3,(H,22,25)(H2,20,21,23,26). The first-order valence-corrected chi connectivity index (χ1v) is 8.68. The molecule has 2 aromatic rings. The summed E-state index contributed by atoms with van der Waals surface area (Å²) in [6.45, 7) is 4.11. The van der Waals surface area contributed by atoms with Gasteiger partial charge in [-0.2, -0.15) is 0 Å². The molecule has 3 heterocycles. The van der Waals surface area contributed by atoms with Gasteiger partial charge in [-0.3, -0.25) is 15.1 Å². The lowest BCUT2D eigenvalue weighted by Gasteiger charge is -2.21. The van der Waals surface area contributed by atoms with Crippen LogP contribution < -0.4 is 20.9 Å². The molecule has 0 radical (unpaired) electrons. The fourth-order valence-corrected chi connectivity index (χ4v) is 2.86. The number of urea groups is 1. The molecule has 1 saturated heterocycles. The van der Waals surface area contributed by atoms with Crippen LogP contribution in [0.3, 0.4) is 0 Å². The molecule has 0 aromatic carbocycles. The number of hydrogen-bond donors (Lipinski definition) is 3. The van der Waals surface area contributed by atoms with Gasteiger partial charge in [0.25, 0.3) is 5.91 Å². The van der Waals surface area contributed by atoms with E-state index in [1.54, 1.807) is 30.6 Å². The second-order valence-corrected chi connectivity index (χ2v) is 5.96. The predicted molar refractivity (Wildman–Crippen MR) is 101 cm³/mol. The molecule has 8 nitrogen and oxygen atoms in total. The van der Waals surface area contributed by atoms with Crippen LogP contribution in [0.1, 0.15) is 30.1 Å². The largest absolute Gasteiger partial charge is 0.371 e. The van der Waals surface area contributed by atoms with Gasteiger partial charge < -0.3 is 15.5 Å². The van der Waals surface area contributed by atoms with Crippen molar-refractivity contribution < 1.29 is 9.59 Å². The molecular weight excluding hydrogens is 332 g/mol. The molecule has 1 aliphatic heterocycles. The van der Waals surface area contributed by atoms with Crippen LogP contribution in [0.15, 0.2) is 36.8 Å². The Morgan fingerprint density at radius 1 is 1.19 bits per heavy atom. The number of nitrogens with zero attached hydrogens (tertiary/aromatic N) is 3. The fraction of sp³-hybridized carbons (Fsp3) is 0.333. The molecule has 0 saturated carbocycles.